The molecule has 2 heteroatoms. The summed E-state index contributed by atoms with van der Waals surface area (Å²) in [5.74, 6) is 0.920. The molecule has 13 heavy (non-hydrogen) atoms. The molecular weight excluding hydrogens is 162 g/mol. The molecule has 0 atom stereocenters. The summed E-state index contributed by atoms with van der Waals surface area (Å²) in [6.07, 6.45) is 2.01. The number of hydrogen-bond donors (Lipinski definition) is 1. The van der Waals surface area contributed by atoms with Crippen molar-refractivity contribution in [3.63, 3.8) is 0 Å². The van der Waals surface area contributed by atoms with Crippen LogP contribution in [0.1, 0.15) is 11.1 Å². The Bertz CT molecular complexity index is 443. The Balaban J connectivity index is 2.84. The van der Waals surface area contributed by atoms with E-state index in [-0.39, 0.29) is 0 Å². The standard InChI is InChI=1S/C11H13NO/c1-7-4-9-8(2)6-12-11(9)10(5-7)13-3/h4-6,12H,1-3H3. The molecule has 1 N–H and O–H groups in total. The highest BCUT2D eigenvalue weighted by Crippen LogP contribution is 2.28. The number of aromatic amines is 1. The van der Waals surface area contributed by atoms with Crippen molar-refractivity contribution >= 4 is 10.9 Å². The van der Waals surface area contributed by atoms with E-state index in [1.165, 1.54) is 16.5 Å². The van der Waals surface area contributed by atoms with E-state index in [0.717, 1.165) is 11.3 Å². The number of nitrogens with one attached hydrogen (secondary N) is 1. The van der Waals surface area contributed by atoms with Crippen LogP contribution in [0.15, 0.2) is 18.3 Å². The SMILES string of the molecule is COc1cc(C)cc2c(C)c[nH]c12. The molecule has 0 aliphatic heterocycles. The van der Waals surface area contributed by atoms with Gasteiger partial charge in [-0.05, 0) is 37.1 Å². The average molecular weight is 175 g/mol. The molecule has 0 saturated heterocycles. The normalized spacial score (nSPS) is 10.7. The fourth-order valence-electron chi connectivity index (χ4n) is 1.63. The van der Waals surface area contributed by atoms with Crippen LogP contribution < -0.4 is 4.74 Å². The number of benzene rings is 1. The fourth-order valence-corrected chi connectivity index (χ4v) is 1.63. The molecule has 68 valence electrons. The summed E-state index contributed by atoms with van der Waals surface area (Å²) >= 11 is 0. The highest BCUT2D eigenvalue weighted by molar-refractivity contribution is 5.88. The monoisotopic (exact) mass is 175 g/mol. The smallest absolute Gasteiger partial charge is 0.143 e. The minimum Gasteiger partial charge on any atom is -0.495 e. The minimum atomic E-state index is 0.920. The van der Waals surface area contributed by atoms with Gasteiger partial charge in [-0.2, -0.15) is 0 Å². The van der Waals surface area contributed by atoms with Gasteiger partial charge in [0.15, 0.2) is 0 Å². The van der Waals surface area contributed by atoms with E-state index in [1.54, 1.807) is 7.11 Å². The van der Waals surface area contributed by atoms with Crippen LogP contribution in [0.3, 0.4) is 0 Å². The summed E-state index contributed by atoms with van der Waals surface area (Å²) < 4.78 is 5.29. The van der Waals surface area contributed by atoms with Crippen LogP contribution in [-0.2, 0) is 0 Å². The number of rotatable bonds is 1. The zero-order valence-electron chi connectivity index (χ0n) is 8.14. The number of fused-ring (bicyclic) bond motifs is 1. The van der Waals surface area contributed by atoms with Crippen molar-refractivity contribution < 1.29 is 4.74 Å². The molecule has 1 aromatic heterocycles. The predicted molar refractivity (Wildman–Crippen MR) is 54.3 cm³/mol. The van der Waals surface area contributed by atoms with E-state index in [2.05, 4.69) is 24.9 Å². The van der Waals surface area contributed by atoms with Gasteiger partial charge in [0.25, 0.3) is 0 Å². The maximum Gasteiger partial charge on any atom is 0.143 e. The molecule has 0 bridgehead atoms. The van der Waals surface area contributed by atoms with Gasteiger partial charge < -0.3 is 9.72 Å². The molecule has 0 unspecified atom stereocenters. The summed E-state index contributed by atoms with van der Waals surface area (Å²) in [5.41, 5.74) is 3.58. The van der Waals surface area contributed by atoms with Crippen LogP contribution in [0.2, 0.25) is 0 Å². The van der Waals surface area contributed by atoms with Gasteiger partial charge in [0.05, 0.1) is 12.6 Å². The zero-order chi connectivity index (χ0) is 9.42. The van der Waals surface area contributed by atoms with Gasteiger partial charge in [0.2, 0.25) is 0 Å². The van der Waals surface area contributed by atoms with E-state index in [4.69, 9.17) is 4.74 Å². The van der Waals surface area contributed by atoms with E-state index in [0.29, 0.717) is 0 Å². The lowest BCUT2D eigenvalue weighted by Gasteiger charge is -2.03. The summed E-state index contributed by atoms with van der Waals surface area (Å²) in [6.45, 7) is 4.17. The van der Waals surface area contributed by atoms with Crippen LogP contribution >= 0.6 is 0 Å². The van der Waals surface area contributed by atoms with Crippen LogP contribution in [-0.4, -0.2) is 12.1 Å². The van der Waals surface area contributed by atoms with Crippen molar-refractivity contribution in [3.05, 3.63) is 29.5 Å². The summed E-state index contributed by atoms with van der Waals surface area (Å²) in [4.78, 5) is 3.21. The molecule has 0 aliphatic rings. The van der Waals surface area contributed by atoms with Gasteiger partial charge in [-0.1, -0.05) is 0 Å². The van der Waals surface area contributed by atoms with E-state index >= 15 is 0 Å². The Morgan fingerprint density at radius 3 is 2.69 bits per heavy atom. The van der Waals surface area contributed by atoms with Crippen LogP contribution in [0, 0.1) is 13.8 Å². The molecule has 2 aromatic rings. The van der Waals surface area contributed by atoms with Gasteiger partial charge in [0, 0.05) is 11.6 Å². The molecule has 0 aliphatic carbocycles. The van der Waals surface area contributed by atoms with Crippen molar-refractivity contribution in [2.45, 2.75) is 13.8 Å². The van der Waals surface area contributed by atoms with Crippen molar-refractivity contribution in [1.82, 2.24) is 4.98 Å². The van der Waals surface area contributed by atoms with Gasteiger partial charge in [-0.15, -0.1) is 0 Å². The fraction of sp³-hybridized carbons (Fsp3) is 0.273. The Labute approximate surface area is 77.5 Å². The third-order valence-electron chi connectivity index (χ3n) is 2.32. The first-order valence-corrected chi connectivity index (χ1v) is 4.34. The molecule has 0 amide bonds. The molecular formula is C11H13NO. The second kappa shape index (κ2) is 2.80. The first-order valence-electron chi connectivity index (χ1n) is 4.34. The molecule has 0 spiro atoms. The highest BCUT2D eigenvalue weighted by Gasteiger charge is 2.05. The maximum absolute atomic E-state index is 5.29. The van der Waals surface area contributed by atoms with Crippen molar-refractivity contribution in [1.29, 1.82) is 0 Å². The summed E-state index contributed by atoms with van der Waals surface area (Å²) in [5, 5.41) is 1.25. The molecule has 0 radical (unpaired) electrons. The van der Waals surface area contributed by atoms with Crippen molar-refractivity contribution in [3.8, 4) is 5.75 Å². The number of aryl methyl sites for hydroxylation is 2. The Morgan fingerprint density at radius 2 is 2.00 bits per heavy atom. The number of aromatic nitrogens is 1. The lowest BCUT2D eigenvalue weighted by molar-refractivity contribution is 0.418. The largest absolute Gasteiger partial charge is 0.495 e. The van der Waals surface area contributed by atoms with Crippen LogP contribution in [0.5, 0.6) is 5.75 Å². The maximum atomic E-state index is 5.29. The second-order valence-corrected chi connectivity index (χ2v) is 3.36. The third kappa shape index (κ3) is 1.18. The van der Waals surface area contributed by atoms with E-state index in [1.807, 2.05) is 12.3 Å². The number of methoxy groups -OCH3 is 1. The average Bonchev–Trinajstić information content (AvgIpc) is 2.47. The summed E-state index contributed by atoms with van der Waals surface area (Å²) in [6, 6.07) is 4.21. The number of H-pyrrole nitrogens is 1. The number of ether oxygens (including phenoxy) is 1. The molecule has 2 nitrogen and oxygen atoms in total. The Hall–Kier alpha value is -1.44. The predicted octanol–water partition coefficient (Wildman–Crippen LogP) is 2.79. The lowest BCUT2D eigenvalue weighted by Crippen LogP contribution is -1.85. The van der Waals surface area contributed by atoms with Crippen molar-refractivity contribution in [2.24, 2.45) is 0 Å². The third-order valence-corrected chi connectivity index (χ3v) is 2.32. The van der Waals surface area contributed by atoms with Gasteiger partial charge >= 0.3 is 0 Å². The number of hydrogen-bond acceptors (Lipinski definition) is 1. The molecule has 0 fully saturated rings. The van der Waals surface area contributed by atoms with Crippen LogP contribution in [0.4, 0.5) is 0 Å². The van der Waals surface area contributed by atoms with Crippen molar-refractivity contribution in [2.75, 3.05) is 7.11 Å². The topological polar surface area (TPSA) is 25.0 Å². The Kier molecular flexibility index (Phi) is 1.76. The van der Waals surface area contributed by atoms with Gasteiger partial charge in [0.1, 0.15) is 5.75 Å². The van der Waals surface area contributed by atoms with Gasteiger partial charge in [-0.25, -0.2) is 0 Å². The van der Waals surface area contributed by atoms with E-state index < -0.39 is 0 Å². The minimum absolute atomic E-state index is 0.920. The quantitative estimate of drug-likeness (QED) is 0.708. The first-order chi connectivity index (χ1) is 6.22. The molecule has 1 heterocycles. The second-order valence-electron chi connectivity index (χ2n) is 3.36. The summed E-state index contributed by atoms with van der Waals surface area (Å²) in [7, 11) is 1.70. The molecule has 2 rings (SSSR count). The van der Waals surface area contributed by atoms with Gasteiger partial charge in [-0.3, -0.25) is 0 Å². The Morgan fingerprint density at radius 1 is 1.23 bits per heavy atom. The first kappa shape index (κ1) is 8.17. The molecule has 0 saturated carbocycles. The molecule has 1 aromatic carbocycles. The highest BCUT2D eigenvalue weighted by atomic mass is 16.5. The zero-order valence-corrected chi connectivity index (χ0v) is 8.14. The van der Waals surface area contributed by atoms with E-state index in [9.17, 15) is 0 Å². The lowest BCUT2D eigenvalue weighted by atomic mass is 10.1. The van der Waals surface area contributed by atoms with Crippen LogP contribution in [0.25, 0.3) is 10.9 Å².